The third-order valence-corrected chi connectivity index (χ3v) is 6.00. The molecule has 0 aromatic heterocycles. The molecule has 28 heavy (non-hydrogen) atoms. The third-order valence-electron chi connectivity index (χ3n) is 5.47. The van der Waals surface area contributed by atoms with Gasteiger partial charge in [-0.05, 0) is 30.0 Å². The lowest BCUT2D eigenvalue weighted by atomic mass is 9.72. The van der Waals surface area contributed by atoms with E-state index in [0.29, 0.717) is 18.3 Å². The largest absolute Gasteiger partial charge is 0.480 e. The normalized spacial score (nSPS) is 14.6. The number of aliphatic carboxylic acids is 1. The van der Waals surface area contributed by atoms with Gasteiger partial charge in [0.15, 0.2) is 0 Å². The number of hydrogen-bond acceptors (Lipinski definition) is 3. The van der Waals surface area contributed by atoms with E-state index in [0.717, 1.165) is 29.7 Å². The zero-order valence-electron chi connectivity index (χ0n) is 17.2. The molecule has 0 heterocycles. The average Bonchev–Trinajstić information content (AvgIpc) is 2.64. The summed E-state index contributed by atoms with van der Waals surface area (Å²) in [6, 6.07) is 6.82. The molecule has 0 aliphatic rings. The first-order valence-electron chi connectivity index (χ1n) is 10.5. The molecule has 0 saturated carbocycles. The van der Waals surface area contributed by atoms with Crippen molar-refractivity contribution in [2.24, 2.45) is 5.92 Å². The number of rotatable bonds is 15. The number of unbranched alkanes of at least 4 members (excludes halogenated alkanes) is 6. The van der Waals surface area contributed by atoms with Crippen LogP contribution < -0.4 is 0 Å². The number of hydrogen-bond donors (Lipinski definition) is 2. The molecule has 4 nitrogen and oxygen atoms in total. The van der Waals surface area contributed by atoms with Crippen LogP contribution in [-0.4, -0.2) is 28.6 Å². The van der Waals surface area contributed by atoms with Gasteiger partial charge in [-0.25, -0.2) is 0 Å². The van der Waals surface area contributed by atoms with Gasteiger partial charge >= 0.3 is 5.97 Å². The molecule has 2 N–H and O–H groups in total. The fraction of sp³-hybridized carbons (Fsp3) is 0.652. The maximum Gasteiger partial charge on any atom is 0.317 e. The van der Waals surface area contributed by atoms with Gasteiger partial charge in [-0.15, -0.1) is 0 Å². The van der Waals surface area contributed by atoms with Crippen LogP contribution in [0.25, 0.3) is 0 Å². The Hall–Kier alpha value is -1.20. The summed E-state index contributed by atoms with van der Waals surface area (Å²) < 4.78 is 0.824. The first kappa shape index (κ1) is 24.8. The molecule has 2 atom stereocenters. The van der Waals surface area contributed by atoms with Crippen LogP contribution >= 0.6 is 15.9 Å². The summed E-state index contributed by atoms with van der Waals surface area (Å²) in [7, 11) is 0. The highest BCUT2D eigenvalue weighted by Gasteiger charge is 2.46. The number of carbonyl (C=O) groups is 2. The summed E-state index contributed by atoms with van der Waals surface area (Å²) >= 11 is 3.33. The Morgan fingerprint density at radius 2 is 1.50 bits per heavy atom. The number of carbonyl (C=O) groups excluding carboxylic acids is 1. The van der Waals surface area contributed by atoms with Gasteiger partial charge in [0.1, 0.15) is 11.7 Å². The Morgan fingerprint density at radius 3 is 1.96 bits per heavy atom. The van der Waals surface area contributed by atoms with E-state index in [4.69, 9.17) is 0 Å². The number of aldehydes is 1. The molecule has 1 aromatic carbocycles. The third kappa shape index (κ3) is 7.67. The molecule has 1 aromatic rings. The lowest BCUT2D eigenvalue weighted by Gasteiger charge is -2.33. The minimum Gasteiger partial charge on any atom is -0.480 e. The van der Waals surface area contributed by atoms with E-state index in [2.05, 4.69) is 29.8 Å². The second-order valence-electron chi connectivity index (χ2n) is 8.12. The van der Waals surface area contributed by atoms with Gasteiger partial charge in [0.05, 0.1) is 6.10 Å². The van der Waals surface area contributed by atoms with Crippen LogP contribution in [0.2, 0.25) is 0 Å². The van der Waals surface area contributed by atoms with Crippen molar-refractivity contribution in [3.05, 3.63) is 34.3 Å². The van der Waals surface area contributed by atoms with Crippen molar-refractivity contribution < 1.29 is 19.8 Å². The second kappa shape index (κ2) is 13.1. The Bertz CT molecular complexity index is 585. The molecule has 0 bridgehead atoms. The molecule has 0 aliphatic heterocycles. The molecule has 0 fully saturated rings. The van der Waals surface area contributed by atoms with Crippen molar-refractivity contribution in [2.75, 3.05) is 0 Å². The molecule has 0 aliphatic carbocycles. The molecule has 0 spiro atoms. The summed E-state index contributed by atoms with van der Waals surface area (Å²) in [6.45, 7) is 4.50. The van der Waals surface area contributed by atoms with Crippen molar-refractivity contribution >= 4 is 28.2 Å². The minimum absolute atomic E-state index is 0.235. The quantitative estimate of drug-likeness (QED) is 0.256. The van der Waals surface area contributed by atoms with Crippen molar-refractivity contribution in [3.63, 3.8) is 0 Å². The van der Waals surface area contributed by atoms with Crippen LogP contribution in [0.3, 0.4) is 0 Å². The van der Waals surface area contributed by atoms with Crippen molar-refractivity contribution in [1.29, 1.82) is 0 Å². The standard InChI is InChI=1S/C23H35BrO4/c1-18(2)10-8-6-4-3-5-7-9-11-21(26)23(16-17-25,22(27)28)19-12-14-20(24)15-13-19/h12-15,17-18,21,26H,3-11,16H2,1-2H3,(H,27,28)/t21-,23?/m1/s1. The van der Waals surface area contributed by atoms with Crippen LogP contribution in [0, 0.1) is 5.92 Å². The number of benzene rings is 1. The van der Waals surface area contributed by atoms with E-state index in [-0.39, 0.29) is 6.42 Å². The molecule has 0 saturated heterocycles. The average molecular weight is 455 g/mol. The monoisotopic (exact) mass is 454 g/mol. The number of aliphatic hydroxyl groups is 1. The molecule has 0 amide bonds. The van der Waals surface area contributed by atoms with Crippen LogP contribution in [0.4, 0.5) is 0 Å². The number of halogens is 1. The van der Waals surface area contributed by atoms with E-state index < -0.39 is 17.5 Å². The van der Waals surface area contributed by atoms with Gasteiger partial charge in [0.25, 0.3) is 0 Å². The van der Waals surface area contributed by atoms with Gasteiger partial charge in [0.2, 0.25) is 0 Å². The molecule has 0 radical (unpaired) electrons. The van der Waals surface area contributed by atoms with Gasteiger partial charge in [0, 0.05) is 10.9 Å². The smallest absolute Gasteiger partial charge is 0.317 e. The highest BCUT2D eigenvalue weighted by Crippen LogP contribution is 2.35. The Labute approximate surface area is 177 Å². The SMILES string of the molecule is CC(C)CCCCCCCCC[C@@H](O)C(CC=O)(C(=O)O)c1ccc(Br)cc1. The predicted molar refractivity (Wildman–Crippen MR) is 117 cm³/mol. The highest BCUT2D eigenvalue weighted by atomic mass is 79.9. The van der Waals surface area contributed by atoms with Crippen molar-refractivity contribution in [3.8, 4) is 0 Å². The lowest BCUT2D eigenvalue weighted by Crippen LogP contribution is -2.47. The zero-order valence-corrected chi connectivity index (χ0v) is 18.8. The molecule has 158 valence electrons. The summed E-state index contributed by atoms with van der Waals surface area (Å²) in [5.41, 5.74) is -1.12. The summed E-state index contributed by atoms with van der Waals surface area (Å²) in [5.74, 6) is -0.382. The minimum atomic E-state index is -1.58. The Balaban J connectivity index is 2.54. The highest BCUT2D eigenvalue weighted by molar-refractivity contribution is 9.10. The first-order chi connectivity index (χ1) is 13.3. The number of carboxylic acids is 1. The fourth-order valence-corrected chi connectivity index (χ4v) is 3.96. The second-order valence-corrected chi connectivity index (χ2v) is 9.03. The van der Waals surface area contributed by atoms with Crippen LogP contribution in [-0.2, 0) is 15.0 Å². The Kier molecular flexibility index (Phi) is 11.6. The van der Waals surface area contributed by atoms with E-state index >= 15 is 0 Å². The van der Waals surface area contributed by atoms with Gasteiger partial charge in [-0.2, -0.15) is 0 Å². The van der Waals surface area contributed by atoms with Crippen molar-refractivity contribution in [2.45, 2.75) is 89.6 Å². The van der Waals surface area contributed by atoms with E-state index in [1.54, 1.807) is 24.3 Å². The zero-order chi connectivity index (χ0) is 21.0. The molecule has 5 heteroatoms. The molecule has 1 rings (SSSR count). The molecular formula is C23H35BrO4. The summed E-state index contributed by atoms with van der Waals surface area (Å²) in [4.78, 5) is 23.3. The fourth-order valence-electron chi connectivity index (χ4n) is 3.70. The van der Waals surface area contributed by atoms with Crippen LogP contribution in [0.1, 0.15) is 83.6 Å². The predicted octanol–water partition coefficient (Wildman–Crippen LogP) is 5.89. The Morgan fingerprint density at radius 1 is 1.00 bits per heavy atom. The maximum atomic E-state index is 12.1. The number of carboxylic acid groups (broad SMARTS) is 1. The van der Waals surface area contributed by atoms with Crippen LogP contribution in [0.5, 0.6) is 0 Å². The maximum absolute atomic E-state index is 12.1. The van der Waals surface area contributed by atoms with E-state index in [1.165, 1.54) is 32.1 Å². The van der Waals surface area contributed by atoms with Gasteiger partial charge < -0.3 is 15.0 Å². The van der Waals surface area contributed by atoms with E-state index in [9.17, 15) is 19.8 Å². The summed E-state index contributed by atoms with van der Waals surface area (Å²) in [6.07, 6.45) is 8.73. The van der Waals surface area contributed by atoms with Crippen molar-refractivity contribution in [1.82, 2.24) is 0 Å². The van der Waals surface area contributed by atoms with Gasteiger partial charge in [-0.1, -0.05) is 93.3 Å². The number of aliphatic hydroxyl groups excluding tert-OH is 1. The van der Waals surface area contributed by atoms with Crippen LogP contribution in [0.15, 0.2) is 28.7 Å². The first-order valence-corrected chi connectivity index (χ1v) is 11.2. The lowest BCUT2D eigenvalue weighted by molar-refractivity contribution is -0.150. The molecule has 1 unspecified atom stereocenters. The topological polar surface area (TPSA) is 74.6 Å². The van der Waals surface area contributed by atoms with E-state index in [1.807, 2.05) is 0 Å². The van der Waals surface area contributed by atoms with Gasteiger partial charge in [-0.3, -0.25) is 4.79 Å². The summed E-state index contributed by atoms with van der Waals surface area (Å²) in [5, 5.41) is 20.6. The molecular weight excluding hydrogens is 420 g/mol.